The molecule has 0 unspecified atom stereocenters. The van der Waals surface area contributed by atoms with Crippen molar-refractivity contribution in [3.8, 4) is 11.9 Å². The standard InChI is InChI=1S/C12H17N3O3/c1-8(16)6-7-9-10(15(2)3)13-12(18-5)14-11(9)17-4/h6-7H,1-5H3. The first-order chi connectivity index (χ1) is 8.49. The molecule has 0 amide bonds. The molecule has 1 rings (SSSR count). The minimum absolute atomic E-state index is 0.0578. The van der Waals surface area contributed by atoms with Crippen LogP contribution in [0.15, 0.2) is 6.08 Å². The summed E-state index contributed by atoms with van der Waals surface area (Å²) in [6.07, 6.45) is 3.08. The summed E-state index contributed by atoms with van der Waals surface area (Å²) in [5.74, 6) is 0.928. The molecule has 98 valence electrons. The molecule has 0 fully saturated rings. The van der Waals surface area contributed by atoms with Gasteiger partial charge in [-0.15, -0.1) is 0 Å². The van der Waals surface area contributed by atoms with E-state index < -0.39 is 0 Å². The van der Waals surface area contributed by atoms with Crippen LogP contribution in [0.4, 0.5) is 5.82 Å². The Bertz CT molecular complexity index is 470. The highest BCUT2D eigenvalue weighted by atomic mass is 16.5. The molecule has 0 aromatic carbocycles. The zero-order valence-corrected chi connectivity index (χ0v) is 11.2. The van der Waals surface area contributed by atoms with Crippen molar-refractivity contribution in [2.75, 3.05) is 33.2 Å². The third-order valence-corrected chi connectivity index (χ3v) is 2.15. The quantitative estimate of drug-likeness (QED) is 0.732. The molecule has 0 saturated heterocycles. The van der Waals surface area contributed by atoms with E-state index in [1.807, 2.05) is 14.1 Å². The molecule has 0 spiro atoms. The van der Waals surface area contributed by atoms with Gasteiger partial charge in [-0.1, -0.05) is 0 Å². The summed E-state index contributed by atoms with van der Waals surface area (Å²) in [5, 5.41) is 0. The molecule has 0 radical (unpaired) electrons. The molecule has 0 N–H and O–H groups in total. The Balaban J connectivity index is 3.39. The summed E-state index contributed by atoms with van der Waals surface area (Å²) in [7, 11) is 6.67. The van der Waals surface area contributed by atoms with Gasteiger partial charge in [0, 0.05) is 14.1 Å². The van der Waals surface area contributed by atoms with Crippen molar-refractivity contribution in [3.05, 3.63) is 11.6 Å². The second kappa shape index (κ2) is 6.00. The highest BCUT2D eigenvalue weighted by Crippen LogP contribution is 2.28. The largest absolute Gasteiger partial charge is 0.480 e. The number of hydrogen-bond donors (Lipinski definition) is 0. The molecule has 6 heteroatoms. The van der Waals surface area contributed by atoms with Gasteiger partial charge in [-0.3, -0.25) is 4.79 Å². The van der Waals surface area contributed by atoms with Crippen molar-refractivity contribution >= 4 is 17.7 Å². The molecule has 0 saturated carbocycles. The molecule has 18 heavy (non-hydrogen) atoms. The van der Waals surface area contributed by atoms with E-state index in [1.165, 1.54) is 27.2 Å². The number of nitrogens with zero attached hydrogens (tertiary/aromatic N) is 3. The molecule has 0 bridgehead atoms. The van der Waals surface area contributed by atoms with Crippen LogP contribution in [0.25, 0.3) is 6.08 Å². The van der Waals surface area contributed by atoms with Gasteiger partial charge in [0.2, 0.25) is 5.88 Å². The fourth-order valence-corrected chi connectivity index (χ4v) is 1.35. The molecule has 1 aromatic rings. The molecular formula is C12H17N3O3. The fourth-order valence-electron chi connectivity index (χ4n) is 1.35. The minimum atomic E-state index is -0.0578. The van der Waals surface area contributed by atoms with Gasteiger partial charge in [0.15, 0.2) is 5.78 Å². The Kier molecular flexibility index (Phi) is 4.65. The highest BCUT2D eigenvalue weighted by Gasteiger charge is 2.15. The Labute approximate surface area is 106 Å². The van der Waals surface area contributed by atoms with Gasteiger partial charge in [-0.05, 0) is 19.1 Å². The van der Waals surface area contributed by atoms with Gasteiger partial charge in [0.1, 0.15) is 5.82 Å². The van der Waals surface area contributed by atoms with E-state index in [9.17, 15) is 4.79 Å². The number of methoxy groups -OCH3 is 2. The lowest BCUT2D eigenvalue weighted by molar-refractivity contribution is -0.112. The Morgan fingerprint density at radius 1 is 1.22 bits per heavy atom. The van der Waals surface area contributed by atoms with Gasteiger partial charge < -0.3 is 14.4 Å². The zero-order chi connectivity index (χ0) is 13.7. The molecule has 0 aliphatic carbocycles. The smallest absolute Gasteiger partial charge is 0.321 e. The molecule has 0 atom stereocenters. The highest BCUT2D eigenvalue weighted by molar-refractivity contribution is 5.92. The zero-order valence-electron chi connectivity index (χ0n) is 11.2. The number of carbonyl (C=O) groups excluding carboxylic acids is 1. The molecule has 6 nitrogen and oxygen atoms in total. The van der Waals surface area contributed by atoms with E-state index in [4.69, 9.17) is 9.47 Å². The first-order valence-corrected chi connectivity index (χ1v) is 5.35. The first kappa shape index (κ1) is 14.0. The van der Waals surface area contributed by atoms with E-state index >= 15 is 0 Å². The Morgan fingerprint density at radius 2 is 1.89 bits per heavy atom. The van der Waals surface area contributed by atoms with Crippen molar-refractivity contribution in [1.82, 2.24) is 9.97 Å². The van der Waals surface area contributed by atoms with Crippen molar-refractivity contribution in [3.63, 3.8) is 0 Å². The lowest BCUT2D eigenvalue weighted by atomic mass is 10.2. The van der Waals surface area contributed by atoms with E-state index in [0.29, 0.717) is 17.3 Å². The monoisotopic (exact) mass is 251 g/mol. The van der Waals surface area contributed by atoms with E-state index in [2.05, 4.69) is 9.97 Å². The third-order valence-electron chi connectivity index (χ3n) is 2.15. The average molecular weight is 251 g/mol. The summed E-state index contributed by atoms with van der Waals surface area (Å²) in [5.41, 5.74) is 0.638. The third kappa shape index (κ3) is 3.19. The number of allylic oxidation sites excluding steroid dienone is 1. The summed E-state index contributed by atoms with van der Waals surface area (Å²) >= 11 is 0. The lowest BCUT2D eigenvalue weighted by Crippen LogP contribution is -2.14. The number of rotatable bonds is 5. The van der Waals surface area contributed by atoms with Crippen LogP contribution in [0.5, 0.6) is 11.9 Å². The van der Waals surface area contributed by atoms with Crippen LogP contribution in [-0.4, -0.2) is 44.1 Å². The van der Waals surface area contributed by atoms with E-state index in [1.54, 1.807) is 11.0 Å². The van der Waals surface area contributed by atoms with Crippen LogP contribution in [0.3, 0.4) is 0 Å². The molecule has 0 aliphatic rings. The van der Waals surface area contributed by atoms with Crippen LogP contribution in [-0.2, 0) is 4.79 Å². The van der Waals surface area contributed by atoms with Crippen LogP contribution < -0.4 is 14.4 Å². The van der Waals surface area contributed by atoms with Gasteiger partial charge in [0.25, 0.3) is 0 Å². The maximum atomic E-state index is 11.0. The van der Waals surface area contributed by atoms with Crippen LogP contribution >= 0.6 is 0 Å². The van der Waals surface area contributed by atoms with Gasteiger partial charge in [-0.2, -0.15) is 9.97 Å². The number of ether oxygens (including phenoxy) is 2. The van der Waals surface area contributed by atoms with Gasteiger partial charge >= 0.3 is 6.01 Å². The van der Waals surface area contributed by atoms with Crippen LogP contribution in [0.2, 0.25) is 0 Å². The summed E-state index contributed by atoms with van der Waals surface area (Å²) in [6.45, 7) is 1.47. The van der Waals surface area contributed by atoms with Crippen LogP contribution in [0, 0.1) is 0 Å². The molecular weight excluding hydrogens is 234 g/mol. The van der Waals surface area contributed by atoms with Gasteiger partial charge in [-0.25, -0.2) is 0 Å². The predicted octanol–water partition coefficient (Wildman–Crippen LogP) is 1.16. The number of ketones is 1. The molecule has 1 heterocycles. The molecule has 1 aromatic heterocycles. The normalized spacial score (nSPS) is 10.5. The van der Waals surface area contributed by atoms with Crippen molar-refractivity contribution in [2.24, 2.45) is 0 Å². The maximum Gasteiger partial charge on any atom is 0.321 e. The van der Waals surface area contributed by atoms with E-state index in [0.717, 1.165) is 0 Å². The predicted molar refractivity (Wildman–Crippen MR) is 69.2 cm³/mol. The first-order valence-electron chi connectivity index (χ1n) is 5.35. The number of anilines is 1. The summed E-state index contributed by atoms with van der Waals surface area (Å²) < 4.78 is 10.2. The number of hydrogen-bond acceptors (Lipinski definition) is 6. The Morgan fingerprint density at radius 3 is 2.33 bits per heavy atom. The van der Waals surface area contributed by atoms with Crippen molar-refractivity contribution in [2.45, 2.75) is 6.92 Å². The van der Waals surface area contributed by atoms with Crippen molar-refractivity contribution < 1.29 is 14.3 Å². The average Bonchev–Trinajstić information content (AvgIpc) is 2.34. The second-order valence-electron chi connectivity index (χ2n) is 3.80. The lowest BCUT2D eigenvalue weighted by Gasteiger charge is -2.16. The SMILES string of the molecule is COc1nc(OC)c(C=CC(C)=O)c(N(C)C)n1. The molecule has 0 aliphatic heterocycles. The minimum Gasteiger partial charge on any atom is -0.480 e. The van der Waals surface area contributed by atoms with Crippen LogP contribution in [0.1, 0.15) is 12.5 Å². The van der Waals surface area contributed by atoms with E-state index in [-0.39, 0.29) is 11.8 Å². The fraction of sp³-hybridized carbons (Fsp3) is 0.417. The van der Waals surface area contributed by atoms with Gasteiger partial charge in [0.05, 0.1) is 19.8 Å². The number of carbonyl (C=O) groups is 1. The Hall–Kier alpha value is -2.11. The van der Waals surface area contributed by atoms with Crippen molar-refractivity contribution in [1.29, 1.82) is 0 Å². The summed E-state index contributed by atoms with van der Waals surface area (Å²) in [4.78, 5) is 21.1. The summed E-state index contributed by atoms with van der Waals surface area (Å²) in [6, 6.07) is 0.218. The number of aromatic nitrogens is 2. The topological polar surface area (TPSA) is 64.6 Å². The second-order valence-corrected chi connectivity index (χ2v) is 3.80. The maximum absolute atomic E-state index is 11.0.